The fourth-order valence-electron chi connectivity index (χ4n) is 2.07. The van der Waals surface area contributed by atoms with Gasteiger partial charge in [-0.2, -0.15) is 0 Å². The van der Waals surface area contributed by atoms with Crippen LogP contribution in [0.15, 0.2) is 18.3 Å². The molecule has 2 heterocycles. The van der Waals surface area contributed by atoms with Crippen molar-refractivity contribution >= 4 is 21.4 Å². The lowest BCUT2D eigenvalue weighted by Gasteiger charge is -2.22. The van der Waals surface area contributed by atoms with Gasteiger partial charge in [-0.1, -0.05) is 0 Å². The molecule has 0 bridgehead atoms. The summed E-state index contributed by atoms with van der Waals surface area (Å²) in [4.78, 5) is 16.0. The van der Waals surface area contributed by atoms with Crippen LogP contribution in [0.5, 0.6) is 0 Å². The van der Waals surface area contributed by atoms with Gasteiger partial charge in [0.15, 0.2) is 9.84 Å². The predicted molar refractivity (Wildman–Crippen MR) is 72.9 cm³/mol. The Bertz CT molecular complexity index is 554. The summed E-state index contributed by atoms with van der Waals surface area (Å²) in [5, 5.41) is 5.64. The number of sulfone groups is 1. The van der Waals surface area contributed by atoms with Crippen molar-refractivity contribution in [3.05, 3.63) is 24.0 Å². The van der Waals surface area contributed by atoms with Crippen molar-refractivity contribution in [2.45, 2.75) is 18.9 Å². The number of carbonyl (C=O) groups excluding carboxylic acids is 1. The van der Waals surface area contributed by atoms with Gasteiger partial charge in [-0.25, -0.2) is 13.4 Å². The number of hydrogen-bond acceptors (Lipinski definition) is 5. The lowest BCUT2D eigenvalue weighted by Crippen LogP contribution is -2.43. The van der Waals surface area contributed by atoms with Crippen LogP contribution in [0, 0.1) is 0 Å². The topological polar surface area (TPSA) is 88.2 Å². The maximum atomic E-state index is 11.9. The van der Waals surface area contributed by atoms with Crippen LogP contribution in [0.1, 0.15) is 23.3 Å². The molecule has 1 aromatic heterocycles. The molecule has 104 valence electrons. The molecule has 1 fully saturated rings. The van der Waals surface area contributed by atoms with Crippen LogP contribution >= 0.6 is 0 Å². The summed E-state index contributed by atoms with van der Waals surface area (Å²) in [6, 6.07) is 3.05. The first kappa shape index (κ1) is 13.8. The van der Waals surface area contributed by atoms with Crippen molar-refractivity contribution in [2.24, 2.45) is 0 Å². The van der Waals surface area contributed by atoms with Crippen molar-refractivity contribution in [1.82, 2.24) is 10.3 Å². The summed E-state index contributed by atoms with van der Waals surface area (Å²) in [6.45, 7) is 0. The van der Waals surface area contributed by atoms with Crippen LogP contribution in [0.3, 0.4) is 0 Å². The highest BCUT2D eigenvalue weighted by Crippen LogP contribution is 2.13. The minimum absolute atomic E-state index is 0.0212. The molecule has 7 heteroatoms. The first-order valence-electron chi connectivity index (χ1n) is 6.15. The van der Waals surface area contributed by atoms with E-state index in [1.807, 2.05) is 0 Å². The minimum Gasteiger partial charge on any atom is -0.387 e. The SMILES string of the molecule is CNc1ccc(C(=O)NC2CCCS(=O)(=O)C2)nc1. The summed E-state index contributed by atoms with van der Waals surface area (Å²) in [6.07, 6.45) is 2.85. The summed E-state index contributed by atoms with van der Waals surface area (Å²) >= 11 is 0. The van der Waals surface area contributed by atoms with Crippen LogP contribution < -0.4 is 10.6 Å². The van der Waals surface area contributed by atoms with Gasteiger partial charge in [0.2, 0.25) is 0 Å². The molecule has 1 aromatic rings. The molecule has 1 atom stereocenters. The first-order chi connectivity index (χ1) is 9.00. The van der Waals surface area contributed by atoms with Gasteiger partial charge < -0.3 is 10.6 Å². The van der Waals surface area contributed by atoms with E-state index < -0.39 is 9.84 Å². The predicted octanol–water partition coefficient (Wildman–Crippen LogP) is 0.430. The van der Waals surface area contributed by atoms with Crippen molar-refractivity contribution in [3.8, 4) is 0 Å². The molecular formula is C12H17N3O3S. The van der Waals surface area contributed by atoms with Gasteiger partial charge >= 0.3 is 0 Å². The number of hydrogen-bond donors (Lipinski definition) is 2. The number of carbonyl (C=O) groups is 1. The second-order valence-corrected chi connectivity index (χ2v) is 6.84. The Morgan fingerprint density at radius 3 is 2.79 bits per heavy atom. The van der Waals surface area contributed by atoms with Gasteiger partial charge in [0, 0.05) is 13.1 Å². The molecule has 0 saturated carbocycles. The number of pyridine rings is 1. The number of aromatic nitrogens is 1. The van der Waals surface area contributed by atoms with Crippen LogP contribution in [0.2, 0.25) is 0 Å². The maximum Gasteiger partial charge on any atom is 0.270 e. The van der Waals surface area contributed by atoms with Crippen LogP contribution in [0.4, 0.5) is 5.69 Å². The van der Waals surface area contributed by atoms with E-state index in [1.165, 1.54) is 0 Å². The lowest BCUT2D eigenvalue weighted by atomic mass is 10.2. The zero-order valence-electron chi connectivity index (χ0n) is 10.7. The number of amides is 1. The molecule has 1 amide bonds. The molecule has 0 aromatic carbocycles. The van der Waals surface area contributed by atoms with E-state index in [9.17, 15) is 13.2 Å². The van der Waals surface area contributed by atoms with Gasteiger partial charge in [-0.3, -0.25) is 4.79 Å². The Morgan fingerprint density at radius 1 is 1.42 bits per heavy atom. The Hall–Kier alpha value is -1.63. The van der Waals surface area contributed by atoms with Crippen molar-refractivity contribution in [3.63, 3.8) is 0 Å². The fourth-order valence-corrected chi connectivity index (χ4v) is 3.71. The Kier molecular flexibility index (Phi) is 4.04. The zero-order valence-corrected chi connectivity index (χ0v) is 11.5. The van der Waals surface area contributed by atoms with E-state index in [0.717, 1.165) is 5.69 Å². The van der Waals surface area contributed by atoms with Crippen LogP contribution in [-0.2, 0) is 9.84 Å². The van der Waals surface area contributed by atoms with Gasteiger partial charge in [-0.15, -0.1) is 0 Å². The van der Waals surface area contributed by atoms with Crippen LogP contribution in [0.25, 0.3) is 0 Å². The molecular weight excluding hydrogens is 266 g/mol. The fraction of sp³-hybridized carbons (Fsp3) is 0.500. The number of nitrogens with one attached hydrogen (secondary N) is 2. The summed E-state index contributed by atoms with van der Waals surface area (Å²) in [7, 11) is -1.25. The molecule has 0 aliphatic carbocycles. The largest absolute Gasteiger partial charge is 0.387 e. The maximum absolute atomic E-state index is 11.9. The summed E-state index contributed by atoms with van der Waals surface area (Å²) < 4.78 is 23.0. The van der Waals surface area contributed by atoms with Gasteiger partial charge in [0.1, 0.15) is 5.69 Å². The molecule has 1 aliphatic rings. The zero-order chi connectivity index (χ0) is 13.9. The smallest absolute Gasteiger partial charge is 0.270 e. The standard InChI is InChI=1S/C12H17N3O3S/c1-13-9-4-5-11(14-7-9)12(16)15-10-3-2-6-19(17,18)8-10/h4-5,7,10,13H,2-3,6,8H2,1H3,(H,15,16). The molecule has 1 saturated heterocycles. The highest BCUT2D eigenvalue weighted by molar-refractivity contribution is 7.91. The number of anilines is 1. The molecule has 6 nitrogen and oxygen atoms in total. The molecule has 1 aliphatic heterocycles. The summed E-state index contributed by atoms with van der Waals surface area (Å²) in [5.41, 5.74) is 1.11. The lowest BCUT2D eigenvalue weighted by molar-refractivity contribution is 0.0933. The molecule has 2 N–H and O–H groups in total. The van der Waals surface area contributed by atoms with Crippen molar-refractivity contribution in [1.29, 1.82) is 0 Å². The third-order valence-electron chi connectivity index (χ3n) is 3.08. The molecule has 1 unspecified atom stereocenters. The number of nitrogens with zero attached hydrogens (tertiary/aromatic N) is 1. The molecule has 2 rings (SSSR count). The van der Waals surface area contributed by atoms with E-state index >= 15 is 0 Å². The third-order valence-corrected chi connectivity index (χ3v) is 4.90. The molecule has 0 radical (unpaired) electrons. The van der Waals surface area contributed by atoms with E-state index in [0.29, 0.717) is 18.5 Å². The van der Waals surface area contributed by atoms with E-state index in [-0.39, 0.29) is 23.5 Å². The minimum atomic E-state index is -3.02. The second kappa shape index (κ2) is 5.56. The van der Waals surface area contributed by atoms with Crippen LogP contribution in [-0.4, -0.2) is 43.9 Å². The monoisotopic (exact) mass is 283 g/mol. The average molecular weight is 283 g/mol. The van der Waals surface area contributed by atoms with Crippen molar-refractivity contribution in [2.75, 3.05) is 23.9 Å². The highest BCUT2D eigenvalue weighted by Gasteiger charge is 2.26. The van der Waals surface area contributed by atoms with Gasteiger partial charge in [0.25, 0.3) is 5.91 Å². The summed E-state index contributed by atoms with van der Waals surface area (Å²) in [5.74, 6) is -0.0910. The van der Waals surface area contributed by atoms with Gasteiger partial charge in [-0.05, 0) is 25.0 Å². The Labute approximate surface area is 112 Å². The highest BCUT2D eigenvalue weighted by atomic mass is 32.2. The quantitative estimate of drug-likeness (QED) is 0.840. The first-order valence-corrected chi connectivity index (χ1v) is 7.97. The second-order valence-electron chi connectivity index (χ2n) is 4.61. The Balaban J connectivity index is 2.00. The molecule has 0 spiro atoms. The normalized spacial score (nSPS) is 21.6. The van der Waals surface area contributed by atoms with E-state index in [1.54, 1.807) is 25.4 Å². The average Bonchev–Trinajstić information content (AvgIpc) is 2.37. The molecule has 19 heavy (non-hydrogen) atoms. The van der Waals surface area contributed by atoms with Gasteiger partial charge in [0.05, 0.1) is 23.4 Å². The van der Waals surface area contributed by atoms with Crippen molar-refractivity contribution < 1.29 is 13.2 Å². The third kappa shape index (κ3) is 3.66. The van der Waals surface area contributed by atoms with E-state index in [2.05, 4.69) is 15.6 Å². The Morgan fingerprint density at radius 2 is 2.21 bits per heavy atom. The van der Waals surface area contributed by atoms with E-state index in [4.69, 9.17) is 0 Å². The number of rotatable bonds is 3.